The molecule has 1 aliphatic heterocycles. The topological polar surface area (TPSA) is 9.23 Å². The molecule has 1 atom stereocenters. The van der Waals surface area contributed by atoms with Crippen molar-refractivity contribution >= 4 is 50.7 Å². The fourth-order valence-corrected chi connectivity index (χ4v) is 4.00. The minimum Gasteiger partial charge on any atom is -0.493 e. The molecule has 0 radical (unpaired) electrons. The second-order valence-electron chi connectivity index (χ2n) is 4.61. The lowest BCUT2D eigenvalue weighted by molar-refractivity contribution is 0.354. The van der Waals surface area contributed by atoms with Crippen LogP contribution >= 0.6 is 50.7 Å². The van der Waals surface area contributed by atoms with Crippen molar-refractivity contribution in [1.82, 2.24) is 0 Å². The Bertz CT molecular complexity index is 672. The summed E-state index contributed by atoms with van der Waals surface area (Å²) in [4.78, 5) is -0.0854. The van der Waals surface area contributed by atoms with Gasteiger partial charge in [-0.25, -0.2) is 0 Å². The maximum absolute atomic E-state index is 6.28. The third-order valence-electron chi connectivity index (χ3n) is 3.29. The average molecular weight is 393 g/mol. The van der Waals surface area contributed by atoms with Crippen molar-refractivity contribution < 1.29 is 4.74 Å². The quantitative estimate of drug-likeness (QED) is 0.564. The number of rotatable bonds is 2. The van der Waals surface area contributed by atoms with Crippen LogP contribution in [-0.2, 0) is 6.42 Å². The third-order valence-corrected chi connectivity index (χ3v) is 5.05. The molecule has 0 spiro atoms. The molecule has 0 N–H and O–H groups in total. The van der Waals surface area contributed by atoms with Crippen LogP contribution in [0.4, 0.5) is 0 Å². The first-order valence-electron chi connectivity index (χ1n) is 6.10. The zero-order valence-electron chi connectivity index (χ0n) is 10.3. The van der Waals surface area contributed by atoms with Gasteiger partial charge in [-0.3, -0.25) is 0 Å². The monoisotopic (exact) mass is 390 g/mol. The van der Waals surface area contributed by atoms with Crippen LogP contribution in [0.25, 0.3) is 0 Å². The van der Waals surface area contributed by atoms with Gasteiger partial charge in [0.1, 0.15) is 5.75 Å². The number of benzene rings is 2. The normalized spacial score (nSPS) is 14.8. The average Bonchev–Trinajstić information content (AvgIpc) is 2.85. The van der Waals surface area contributed by atoms with Crippen molar-refractivity contribution in [3.05, 3.63) is 62.1 Å². The minimum absolute atomic E-state index is 0.0854. The molecule has 5 heteroatoms. The van der Waals surface area contributed by atoms with Gasteiger partial charge in [-0.1, -0.05) is 56.8 Å². The van der Waals surface area contributed by atoms with Crippen LogP contribution in [0.5, 0.6) is 5.75 Å². The highest BCUT2D eigenvalue weighted by molar-refractivity contribution is 9.09. The van der Waals surface area contributed by atoms with E-state index >= 15 is 0 Å². The molecule has 0 saturated heterocycles. The molecular formula is C15H10BrCl3O. The van der Waals surface area contributed by atoms with E-state index in [1.54, 1.807) is 6.07 Å². The minimum atomic E-state index is -0.0854. The maximum Gasteiger partial charge on any atom is 0.127 e. The highest BCUT2D eigenvalue weighted by Crippen LogP contribution is 2.44. The fraction of sp³-hybridized carbons (Fsp3) is 0.200. The molecule has 1 unspecified atom stereocenters. The molecule has 1 nitrogen and oxygen atoms in total. The van der Waals surface area contributed by atoms with Gasteiger partial charge in [0.05, 0.1) is 11.4 Å². The van der Waals surface area contributed by atoms with E-state index < -0.39 is 0 Å². The predicted octanol–water partition coefficient (Wildman–Crippen LogP) is 6.07. The summed E-state index contributed by atoms with van der Waals surface area (Å²) in [5.74, 6) is 0.905. The Kier molecular flexibility index (Phi) is 4.19. The number of halogens is 4. The van der Waals surface area contributed by atoms with Crippen molar-refractivity contribution in [3.8, 4) is 5.75 Å². The lowest BCUT2D eigenvalue weighted by Crippen LogP contribution is -1.98. The molecule has 0 bridgehead atoms. The largest absolute Gasteiger partial charge is 0.493 e. The Balaban J connectivity index is 2.09. The highest BCUT2D eigenvalue weighted by Gasteiger charge is 2.24. The molecule has 0 aliphatic carbocycles. The van der Waals surface area contributed by atoms with Crippen molar-refractivity contribution in [3.63, 3.8) is 0 Å². The standard InChI is InChI=1S/C15H10BrCl3O/c16-14(11-2-1-9(17)7-13(11)19)12-6-10(18)5-8-3-4-20-15(8)12/h1-2,5-7,14H,3-4H2. The van der Waals surface area contributed by atoms with Gasteiger partial charge in [-0.15, -0.1) is 0 Å². The van der Waals surface area contributed by atoms with Gasteiger partial charge in [0, 0.05) is 27.1 Å². The lowest BCUT2D eigenvalue weighted by Gasteiger charge is -2.16. The maximum atomic E-state index is 6.28. The Labute approximate surface area is 140 Å². The van der Waals surface area contributed by atoms with Gasteiger partial charge in [-0.2, -0.15) is 0 Å². The predicted molar refractivity (Wildman–Crippen MR) is 87.9 cm³/mol. The number of hydrogen-bond donors (Lipinski definition) is 0. The molecule has 2 aromatic rings. The Morgan fingerprint density at radius 2 is 1.80 bits per heavy atom. The summed E-state index contributed by atoms with van der Waals surface area (Å²) >= 11 is 22.1. The van der Waals surface area contributed by atoms with Crippen molar-refractivity contribution in [1.29, 1.82) is 0 Å². The van der Waals surface area contributed by atoms with Gasteiger partial charge < -0.3 is 4.74 Å². The smallest absolute Gasteiger partial charge is 0.127 e. The molecule has 0 saturated carbocycles. The van der Waals surface area contributed by atoms with E-state index in [-0.39, 0.29) is 4.83 Å². The molecular weight excluding hydrogens is 382 g/mol. The van der Waals surface area contributed by atoms with Crippen LogP contribution in [0.3, 0.4) is 0 Å². The summed E-state index contributed by atoms with van der Waals surface area (Å²) in [5, 5.41) is 1.94. The van der Waals surface area contributed by atoms with E-state index in [9.17, 15) is 0 Å². The first-order valence-corrected chi connectivity index (χ1v) is 8.15. The SMILES string of the molecule is Clc1ccc(C(Br)c2cc(Cl)cc3c2OCC3)c(Cl)c1. The summed E-state index contributed by atoms with van der Waals surface area (Å²) in [6, 6.07) is 9.33. The molecule has 0 amide bonds. The van der Waals surface area contributed by atoms with Crippen LogP contribution in [0.2, 0.25) is 15.1 Å². The summed E-state index contributed by atoms with van der Waals surface area (Å²) in [7, 11) is 0. The van der Waals surface area contributed by atoms with Crippen molar-refractivity contribution in [2.45, 2.75) is 11.2 Å². The molecule has 0 fully saturated rings. The summed E-state index contributed by atoms with van der Waals surface area (Å²) < 4.78 is 5.73. The van der Waals surface area contributed by atoms with Crippen LogP contribution in [0, 0.1) is 0 Å². The van der Waals surface area contributed by atoms with Crippen LogP contribution < -0.4 is 4.74 Å². The van der Waals surface area contributed by atoms with E-state index in [0.717, 1.165) is 28.9 Å². The van der Waals surface area contributed by atoms with Crippen LogP contribution in [0.15, 0.2) is 30.3 Å². The summed E-state index contributed by atoms with van der Waals surface area (Å²) in [6.45, 7) is 0.691. The molecule has 0 aromatic heterocycles. The first-order chi connectivity index (χ1) is 9.56. The molecule has 1 heterocycles. The van der Waals surface area contributed by atoms with E-state index in [4.69, 9.17) is 39.5 Å². The number of alkyl halides is 1. The Morgan fingerprint density at radius 1 is 1.00 bits per heavy atom. The molecule has 104 valence electrons. The number of hydrogen-bond acceptors (Lipinski definition) is 1. The van der Waals surface area contributed by atoms with E-state index in [1.165, 1.54) is 0 Å². The van der Waals surface area contributed by atoms with E-state index in [2.05, 4.69) is 15.9 Å². The van der Waals surface area contributed by atoms with Gasteiger partial charge in [0.15, 0.2) is 0 Å². The van der Waals surface area contributed by atoms with Crippen molar-refractivity contribution in [2.75, 3.05) is 6.61 Å². The number of ether oxygens (including phenoxy) is 1. The van der Waals surface area contributed by atoms with Gasteiger partial charge >= 0.3 is 0 Å². The third kappa shape index (κ3) is 2.67. The summed E-state index contributed by atoms with van der Waals surface area (Å²) in [6.07, 6.45) is 0.886. The lowest BCUT2D eigenvalue weighted by atomic mass is 10.0. The van der Waals surface area contributed by atoms with Gasteiger partial charge in [0.25, 0.3) is 0 Å². The molecule has 2 aromatic carbocycles. The Hall–Kier alpha value is -0.410. The highest BCUT2D eigenvalue weighted by atomic mass is 79.9. The van der Waals surface area contributed by atoms with Gasteiger partial charge in [-0.05, 0) is 35.4 Å². The number of fused-ring (bicyclic) bond motifs is 1. The summed E-state index contributed by atoms with van der Waals surface area (Å²) in [5.41, 5.74) is 3.08. The second-order valence-corrected chi connectivity index (χ2v) is 6.81. The molecule has 3 rings (SSSR count). The van der Waals surface area contributed by atoms with Crippen molar-refractivity contribution in [2.24, 2.45) is 0 Å². The fourth-order valence-electron chi connectivity index (χ4n) is 2.36. The second kappa shape index (κ2) is 5.76. The zero-order valence-corrected chi connectivity index (χ0v) is 14.2. The first kappa shape index (κ1) is 14.5. The van der Waals surface area contributed by atoms with Crippen LogP contribution in [-0.4, -0.2) is 6.61 Å². The Morgan fingerprint density at radius 3 is 2.55 bits per heavy atom. The van der Waals surface area contributed by atoms with Crippen LogP contribution in [0.1, 0.15) is 21.5 Å². The van der Waals surface area contributed by atoms with E-state index in [0.29, 0.717) is 21.7 Å². The molecule has 1 aliphatic rings. The van der Waals surface area contributed by atoms with E-state index in [1.807, 2.05) is 24.3 Å². The zero-order chi connectivity index (χ0) is 14.3. The van der Waals surface area contributed by atoms with Gasteiger partial charge in [0.2, 0.25) is 0 Å². The molecule has 20 heavy (non-hydrogen) atoms.